The van der Waals surface area contributed by atoms with Gasteiger partial charge in [0.2, 0.25) is 0 Å². The molecule has 1 aromatic heterocycles. The van der Waals surface area contributed by atoms with Crippen LogP contribution in [-0.2, 0) is 11.3 Å². The van der Waals surface area contributed by atoms with Gasteiger partial charge >= 0.3 is 0 Å². The van der Waals surface area contributed by atoms with Crippen molar-refractivity contribution >= 4 is 34.2 Å². The number of carbonyl (C=O) groups excluding carboxylic acids is 1. The number of aromatic amines is 1. The first-order valence-electron chi connectivity index (χ1n) is 16.1. The molecule has 3 N–H and O–H groups in total. The molecular weight excluding hydrogens is 684 g/mol. The molecule has 1 spiro atoms. The zero-order valence-electron chi connectivity index (χ0n) is 26.9. The van der Waals surface area contributed by atoms with Crippen LogP contribution < -0.4 is 5.32 Å². The predicted octanol–water partition coefficient (Wildman–Crippen LogP) is 6.86. The monoisotopic (exact) mass is 729 g/mol. The van der Waals surface area contributed by atoms with Crippen LogP contribution in [-0.4, -0.2) is 47.9 Å². The molecule has 1 amide bonds. The zero-order chi connectivity index (χ0) is 32.4. The third-order valence-corrected chi connectivity index (χ3v) is 10.6. The van der Waals surface area contributed by atoms with E-state index in [9.17, 15) is 14.3 Å². The highest BCUT2D eigenvalue weighted by atomic mass is 127. The third-order valence-electron chi connectivity index (χ3n) is 9.94. The van der Waals surface area contributed by atoms with Gasteiger partial charge in [-0.15, -0.1) is 10.2 Å². The van der Waals surface area contributed by atoms with E-state index in [0.717, 1.165) is 54.1 Å². The number of aliphatic hydroxyl groups excluding tert-OH is 1. The normalized spacial score (nSPS) is 21.9. The fourth-order valence-electron chi connectivity index (χ4n) is 6.83. The minimum absolute atomic E-state index is 0.135. The minimum Gasteiger partial charge on any atom is -0.374 e. The number of rotatable bonds is 12. The molecule has 1 fully saturated rings. The van der Waals surface area contributed by atoms with Crippen molar-refractivity contribution in [3.8, 4) is 0 Å². The summed E-state index contributed by atoms with van der Waals surface area (Å²) in [5.41, 5.74) is 2.12. The summed E-state index contributed by atoms with van der Waals surface area (Å²) < 4.78 is 15.3. The zero-order valence-corrected chi connectivity index (χ0v) is 29.0. The van der Waals surface area contributed by atoms with Crippen LogP contribution >= 0.6 is 22.6 Å². The summed E-state index contributed by atoms with van der Waals surface area (Å²) >= 11 is 2.09. The number of tetrazole rings is 1. The van der Waals surface area contributed by atoms with Crippen LogP contribution in [0.5, 0.6) is 0 Å². The Kier molecular flexibility index (Phi) is 10.4. The maximum absolute atomic E-state index is 14.6. The van der Waals surface area contributed by atoms with Crippen molar-refractivity contribution in [2.45, 2.75) is 104 Å². The highest BCUT2D eigenvalue weighted by Crippen LogP contribution is 2.50. The molecule has 0 saturated heterocycles. The molecule has 1 aliphatic carbocycles. The van der Waals surface area contributed by atoms with E-state index in [1.807, 2.05) is 35.2 Å². The Balaban J connectivity index is 1.49. The quantitative estimate of drug-likeness (QED) is 0.139. The first-order valence-corrected chi connectivity index (χ1v) is 17.1. The molecular formula is C34H45FIN7O2. The van der Waals surface area contributed by atoms with Crippen LogP contribution in [0.3, 0.4) is 0 Å². The molecule has 45 heavy (non-hydrogen) atoms. The fourth-order valence-corrected chi connectivity index (χ4v) is 7.46. The van der Waals surface area contributed by atoms with Crippen LogP contribution in [0.15, 0.2) is 47.5 Å². The van der Waals surface area contributed by atoms with Gasteiger partial charge in [-0.2, -0.15) is 5.21 Å². The molecule has 2 heterocycles. The second kappa shape index (κ2) is 13.9. The molecule has 11 heteroatoms. The second-order valence-corrected chi connectivity index (χ2v) is 14.9. The van der Waals surface area contributed by atoms with Crippen molar-refractivity contribution < 1.29 is 14.3 Å². The van der Waals surface area contributed by atoms with E-state index in [-0.39, 0.29) is 29.7 Å². The number of hydrogen-bond donors (Lipinski definition) is 3. The standard InChI is InChI=1S/C34H45FIN7O2/c1-6-33(4,5)25-13-15-34(16-14-25)38-30(24-17-26(35)19-27(36)18-24)32(45)43(34)28(12-7-21(2)3)22-8-10-23(11-9-22)31(44)37-20-29-39-41-42-40-29/h8-11,17-19,21,25,28,31,37,44H,6-7,12-16,20H2,1-5H3,(H,39,40,41,42)/t25?,28-,31?,34?/m1/s1. The largest absolute Gasteiger partial charge is 0.374 e. The van der Waals surface area contributed by atoms with Crippen LogP contribution in [0.1, 0.15) is 114 Å². The maximum Gasteiger partial charge on any atom is 0.275 e. The summed E-state index contributed by atoms with van der Waals surface area (Å²) in [6.07, 6.45) is 5.40. The van der Waals surface area contributed by atoms with E-state index in [2.05, 4.69) is 83.2 Å². The Morgan fingerprint density at radius 1 is 1.13 bits per heavy atom. The van der Waals surface area contributed by atoms with E-state index >= 15 is 0 Å². The number of aliphatic hydroxyl groups is 1. The van der Waals surface area contributed by atoms with Crippen molar-refractivity contribution in [2.24, 2.45) is 22.2 Å². The molecule has 0 radical (unpaired) electrons. The third kappa shape index (κ3) is 7.46. The van der Waals surface area contributed by atoms with E-state index in [4.69, 9.17) is 4.99 Å². The highest BCUT2D eigenvalue weighted by molar-refractivity contribution is 14.1. The molecule has 9 nitrogen and oxygen atoms in total. The van der Waals surface area contributed by atoms with Crippen molar-refractivity contribution in [1.29, 1.82) is 0 Å². The topological polar surface area (TPSA) is 119 Å². The smallest absolute Gasteiger partial charge is 0.275 e. The molecule has 3 aromatic rings. The molecule has 1 unspecified atom stereocenters. The summed E-state index contributed by atoms with van der Waals surface area (Å²) in [6.45, 7) is 11.6. The summed E-state index contributed by atoms with van der Waals surface area (Å²) in [5.74, 6) is 0.950. The van der Waals surface area contributed by atoms with Crippen molar-refractivity contribution in [3.63, 3.8) is 0 Å². The van der Waals surface area contributed by atoms with Crippen LogP contribution in [0.25, 0.3) is 0 Å². The number of hydrogen-bond acceptors (Lipinski definition) is 7. The molecule has 1 aliphatic heterocycles. The number of nitrogens with zero attached hydrogens (tertiary/aromatic N) is 5. The van der Waals surface area contributed by atoms with Crippen molar-refractivity contribution in [1.82, 2.24) is 30.8 Å². The lowest BCUT2D eigenvalue weighted by atomic mass is 9.67. The number of aromatic nitrogens is 4. The fraction of sp³-hybridized carbons (Fsp3) is 0.559. The predicted molar refractivity (Wildman–Crippen MR) is 180 cm³/mol. The van der Waals surface area contributed by atoms with Crippen molar-refractivity contribution in [3.05, 3.63) is 74.4 Å². The van der Waals surface area contributed by atoms with Gasteiger partial charge in [0.25, 0.3) is 5.91 Å². The average Bonchev–Trinajstić information content (AvgIpc) is 3.63. The first-order chi connectivity index (χ1) is 21.4. The highest BCUT2D eigenvalue weighted by Gasteiger charge is 2.53. The Hall–Kier alpha value is -2.77. The van der Waals surface area contributed by atoms with Gasteiger partial charge < -0.3 is 10.0 Å². The van der Waals surface area contributed by atoms with Gasteiger partial charge in [-0.05, 0) is 108 Å². The molecule has 1 saturated carbocycles. The van der Waals surface area contributed by atoms with Gasteiger partial charge in [0.05, 0.1) is 12.6 Å². The van der Waals surface area contributed by atoms with E-state index in [1.165, 1.54) is 12.1 Å². The maximum atomic E-state index is 14.6. The lowest BCUT2D eigenvalue weighted by Crippen LogP contribution is -2.51. The summed E-state index contributed by atoms with van der Waals surface area (Å²) in [5, 5.41) is 27.6. The molecule has 2 aliphatic rings. The number of carbonyl (C=O) groups is 1. The Morgan fingerprint density at radius 2 is 1.82 bits per heavy atom. The average molecular weight is 730 g/mol. The number of benzene rings is 2. The summed E-state index contributed by atoms with van der Waals surface area (Å²) in [7, 11) is 0. The van der Waals surface area contributed by atoms with Crippen LogP contribution in [0.2, 0.25) is 0 Å². The van der Waals surface area contributed by atoms with Gasteiger partial charge in [0.1, 0.15) is 23.4 Å². The van der Waals surface area contributed by atoms with Gasteiger partial charge in [0, 0.05) is 9.13 Å². The molecule has 242 valence electrons. The van der Waals surface area contributed by atoms with Gasteiger partial charge in [-0.25, -0.2) is 4.39 Å². The van der Waals surface area contributed by atoms with Crippen molar-refractivity contribution in [2.75, 3.05) is 0 Å². The lowest BCUT2D eigenvalue weighted by Gasteiger charge is -2.48. The Labute approximate surface area is 279 Å². The summed E-state index contributed by atoms with van der Waals surface area (Å²) in [4.78, 5) is 21.9. The Bertz CT molecular complexity index is 1460. The SMILES string of the molecule is CCC(C)(C)C1CCC2(CC1)N=C(c1cc(F)cc(I)c1)C(=O)N2[C@H](CCC(C)C)c1ccc(C(O)NCc2nn[nH]n2)cc1. The van der Waals surface area contributed by atoms with E-state index in [1.54, 1.807) is 0 Å². The minimum atomic E-state index is -0.922. The number of nitrogens with one attached hydrogen (secondary N) is 2. The lowest BCUT2D eigenvalue weighted by molar-refractivity contribution is -0.134. The molecule has 0 bridgehead atoms. The van der Waals surface area contributed by atoms with E-state index < -0.39 is 11.9 Å². The van der Waals surface area contributed by atoms with Gasteiger partial charge in [0.15, 0.2) is 5.82 Å². The van der Waals surface area contributed by atoms with Crippen LogP contribution in [0, 0.1) is 26.6 Å². The van der Waals surface area contributed by atoms with Gasteiger partial charge in [-0.3, -0.25) is 15.1 Å². The molecule has 5 rings (SSSR count). The second-order valence-electron chi connectivity index (χ2n) is 13.7. The van der Waals surface area contributed by atoms with Crippen LogP contribution in [0.4, 0.5) is 4.39 Å². The summed E-state index contributed by atoms with van der Waals surface area (Å²) in [6, 6.07) is 12.3. The molecule has 2 atom stereocenters. The Morgan fingerprint density at radius 3 is 2.42 bits per heavy atom. The number of aliphatic imine (C=N–C) groups is 1. The number of amides is 1. The van der Waals surface area contributed by atoms with E-state index in [0.29, 0.717) is 34.5 Å². The van der Waals surface area contributed by atoms with Gasteiger partial charge in [-0.1, -0.05) is 70.5 Å². The first kappa shape index (κ1) is 33.6. The molecule has 2 aromatic carbocycles. The number of halogens is 2. The number of H-pyrrole nitrogens is 1.